The number of para-hydroxylation sites is 2. The van der Waals surface area contributed by atoms with E-state index in [2.05, 4.69) is 55.5 Å². The van der Waals surface area contributed by atoms with Crippen LogP contribution in [0.25, 0.3) is 11.0 Å². The van der Waals surface area contributed by atoms with Gasteiger partial charge in [-0.1, -0.05) is 48.5 Å². The summed E-state index contributed by atoms with van der Waals surface area (Å²) >= 11 is 0. The first-order valence-electron chi connectivity index (χ1n) is 9.88. The van der Waals surface area contributed by atoms with Gasteiger partial charge in [0.25, 0.3) is 0 Å². The molecule has 1 heterocycles. The molecule has 0 aliphatic heterocycles. The van der Waals surface area contributed by atoms with Gasteiger partial charge in [0, 0.05) is 26.7 Å². The van der Waals surface area contributed by atoms with Gasteiger partial charge in [0.05, 0.1) is 17.4 Å². The molecule has 0 unspecified atom stereocenters. The molecule has 7 heteroatoms. The maximum absolute atomic E-state index is 13.0. The van der Waals surface area contributed by atoms with Crippen LogP contribution in [0, 0.1) is 5.82 Å². The maximum Gasteiger partial charge on any atom is 0.191 e. The van der Waals surface area contributed by atoms with Crippen LogP contribution in [0.5, 0.6) is 0 Å². The summed E-state index contributed by atoms with van der Waals surface area (Å²) < 4.78 is 15.2. The van der Waals surface area contributed by atoms with E-state index >= 15 is 0 Å². The lowest BCUT2D eigenvalue weighted by Gasteiger charge is -2.12. The summed E-state index contributed by atoms with van der Waals surface area (Å²) in [5.41, 5.74) is 5.53. The van der Waals surface area contributed by atoms with Gasteiger partial charge in [0.2, 0.25) is 0 Å². The molecular formula is C24H25FIN5. The molecule has 0 aliphatic rings. The molecule has 0 amide bonds. The van der Waals surface area contributed by atoms with Crippen LogP contribution in [0.3, 0.4) is 0 Å². The van der Waals surface area contributed by atoms with Gasteiger partial charge in [-0.05, 0) is 41.0 Å². The van der Waals surface area contributed by atoms with Crippen LogP contribution in [0.1, 0.15) is 16.7 Å². The summed E-state index contributed by atoms with van der Waals surface area (Å²) in [6.45, 7) is 2.03. The molecule has 0 aliphatic carbocycles. The number of hydrogen-bond acceptors (Lipinski definition) is 2. The molecule has 0 saturated heterocycles. The molecule has 5 nitrogen and oxygen atoms in total. The first kappa shape index (κ1) is 22.7. The zero-order valence-electron chi connectivity index (χ0n) is 17.3. The van der Waals surface area contributed by atoms with Crippen molar-refractivity contribution < 1.29 is 4.39 Å². The predicted molar refractivity (Wildman–Crippen MR) is 134 cm³/mol. The quantitative estimate of drug-likeness (QED) is 0.216. The normalized spacial score (nSPS) is 11.2. The predicted octanol–water partition coefficient (Wildman–Crippen LogP) is 4.71. The first-order valence-corrected chi connectivity index (χ1v) is 9.88. The van der Waals surface area contributed by atoms with E-state index in [1.165, 1.54) is 23.3 Å². The molecule has 4 aromatic rings. The van der Waals surface area contributed by atoms with Crippen molar-refractivity contribution in [3.63, 3.8) is 0 Å². The Morgan fingerprint density at radius 1 is 0.871 bits per heavy atom. The number of hydrogen-bond donors (Lipinski definition) is 2. The zero-order valence-corrected chi connectivity index (χ0v) is 19.6. The lowest BCUT2D eigenvalue weighted by molar-refractivity contribution is 0.626. The van der Waals surface area contributed by atoms with Crippen molar-refractivity contribution >= 4 is 41.0 Å². The molecule has 4 rings (SSSR count). The van der Waals surface area contributed by atoms with Gasteiger partial charge < -0.3 is 15.2 Å². The fraction of sp³-hybridized carbons (Fsp3) is 0.167. The Morgan fingerprint density at radius 3 is 2.10 bits per heavy atom. The maximum atomic E-state index is 13.0. The summed E-state index contributed by atoms with van der Waals surface area (Å²) in [5.74, 6) is 0.471. The molecule has 0 radical (unpaired) electrons. The van der Waals surface area contributed by atoms with Crippen LogP contribution in [0.2, 0.25) is 0 Å². The number of aliphatic imine (C=N–C) groups is 1. The molecule has 0 fully saturated rings. The minimum Gasteiger partial charge on any atom is -0.352 e. The molecule has 0 bridgehead atoms. The monoisotopic (exact) mass is 529 g/mol. The van der Waals surface area contributed by atoms with Crippen molar-refractivity contribution in [2.45, 2.75) is 19.6 Å². The van der Waals surface area contributed by atoms with Crippen molar-refractivity contribution in [3.05, 3.63) is 102 Å². The van der Waals surface area contributed by atoms with Gasteiger partial charge in [-0.25, -0.2) is 9.37 Å². The summed E-state index contributed by atoms with van der Waals surface area (Å²) in [6.07, 6.45) is 1.89. The third-order valence-corrected chi connectivity index (χ3v) is 4.96. The standard InChI is InChI=1S/C24H24FN5.HI/c1-26-24(28-15-19-10-12-21(25)13-11-19)27-14-18-6-8-20(9-7-18)16-30-17-29-22-4-2-3-5-23(22)30;/h2-13,17H,14-16H2,1H3,(H2,26,27,28);1H. The minimum atomic E-state index is -0.231. The van der Waals surface area contributed by atoms with Crippen LogP contribution in [0.15, 0.2) is 84.1 Å². The Hall–Kier alpha value is -2.94. The molecule has 2 N–H and O–H groups in total. The molecule has 0 spiro atoms. The Morgan fingerprint density at radius 2 is 1.45 bits per heavy atom. The van der Waals surface area contributed by atoms with E-state index in [9.17, 15) is 4.39 Å². The van der Waals surface area contributed by atoms with E-state index in [1.807, 2.05) is 24.5 Å². The highest BCUT2D eigenvalue weighted by Gasteiger charge is 2.03. The highest BCUT2D eigenvalue weighted by atomic mass is 127. The number of aromatic nitrogens is 2. The largest absolute Gasteiger partial charge is 0.352 e. The summed E-state index contributed by atoms with van der Waals surface area (Å²) in [5, 5.41) is 6.55. The number of guanidine groups is 1. The van der Waals surface area contributed by atoms with E-state index in [4.69, 9.17) is 0 Å². The lowest BCUT2D eigenvalue weighted by atomic mass is 10.1. The molecule has 160 valence electrons. The van der Waals surface area contributed by atoms with Gasteiger partial charge >= 0.3 is 0 Å². The minimum absolute atomic E-state index is 0. The third kappa shape index (κ3) is 6.04. The van der Waals surface area contributed by atoms with Gasteiger partial charge in [0.1, 0.15) is 5.82 Å². The Kier molecular flexibility index (Phi) is 8.00. The number of nitrogens with one attached hydrogen (secondary N) is 2. The highest BCUT2D eigenvalue weighted by molar-refractivity contribution is 14.0. The Balaban J connectivity index is 0.00000272. The van der Waals surface area contributed by atoms with Crippen molar-refractivity contribution in [1.29, 1.82) is 0 Å². The van der Waals surface area contributed by atoms with E-state index in [0.29, 0.717) is 19.0 Å². The topological polar surface area (TPSA) is 54.2 Å². The zero-order chi connectivity index (χ0) is 20.8. The number of halogens is 2. The van der Waals surface area contributed by atoms with Crippen LogP contribution in [0.4, 0.5) is 4.39 Å². The van der Waals surface area contributed by atoms with Gasteiger partial charge in [-0.15, -0.1) is 24.0 Å². The first-order chi connectivity index (χ1) is 14.7. The molecular weight excluding hydrogens is 504 g/mol. The SMILES string of the molecule is CN=C(NCc1ccc(F)cc1)NCc1ccc(Cn2cnc3ccccc32)cc1.I. The second kappa shape index (κ2) is 10.9. The van der Waals surface area contributed by atoms with Gasteiger partial charge in [-0.3, -0.25) is 4.99 Å². The van der Waals surface area contributed by atoms with Gasteiger partial charge in [0.15, 0.2) is 5.96 Å². The van der Waals surface area contributed by atoms with Crippen molar-refractivity contribution in [3.8, 4) is 0 Å². The number of nitrogens with zero attached hydrogens (tertiary/aromatic N) is 3. The van der Waals surface area contributed by atoms with Crippen molar-refractivity contribution in [2.24, 2.45) is 4.99 Å². The van der Waals surface area contributed by atoms with Crippen molar-refractivity contribution in [2.75, 3.05) is 7.05 Å². The molecule has 3 aromatic carbocycles. The average Bonchev–Trinajstić information content (AvgIpc) is 3.19. The van der Waals surface area contributed by atoms with Gasteiger partial charge in [-0.2, -0.15) is 0 Å². The number of fused-ring (bicyclic) bond motifs is 1. The fourth-order valence-electron chi connectivity index (χ4n) is 3.29. The summed E-state index contributed by atoms with van der Waals surface area (Å²) in [7, 11) is 1.73. The van der Waals surface area contributed by atoms with E-state index < -0.39 is 0 Å². The third-order valence-electron chi connectivity index (χ3n) is 4.96. The average molecular weight is 529 g/mol. The van der Waals surface area contributed by atoms with Crippen LogP contribution in [-0.4, -0.2) is 22.6 Å². The van der Waals surface area contributed by atoms with Crippen LogP contribution >= 0.6 is 24.0 Å². The summed E-state index contributed by atoms with van der Waals surface area (Å²) in [6, 6.07) is 23.1. The van der Waals surface area contributed by atoms with E-state index in [-0.39, 0.29) is 29.8 Å². The molecule has 1 aromatic heterocycles. The number of imidazole rings is 1. The van der Waals surface area contributed by atoms with Crippen molar-refractivity contribution in [1.82, 2.24) is 20.2 Å². The number of benzene rings is 3. The second-order valence-electron chi connectivity index (χ2n) is 7.08. The fourth-order valence-corrected chi connectivity index (χ4v) is 3.29. The Labute approximate surface area is 198 Å². The number of rotatable bonds is 6. The molecule has 0 atom stereocenters. The molecule has 31 heavy (non-hydrogen) atoms. The highest BCUT2D eigenvalue weighted by Crippen LogP contribution is 2.14. The summed E-state index contributed by atoms with van der Waals surface area (Å²) in [4.78, 5) is 8.69. The van der Waals surface area contributed by atoms with Crippen LogP contribution < -0.4 is 10.6 Å². The smallest absolute Gasteiger partial charge is 0.191 e. The molecule has 0 saturated carbocycles. The second-order valence-corrected chi connectivity index (χ2v) is 7.08. The Bertz CT molecular complexity index is 1140. The lowest BCUT2D eigenvalue weighted by Crippen LogP contribution is -2.36. The van der Waals surface area contributed by atoms with E-state index in [0.717, 1.165) is 23.1 Å². The van der Waals surface area contributed by atoms with E-state index in [1.54, 1.807) is 19.2 Å². The van der Waals surface area contributed by atoms with Crippen LogP contribution in [-0.2, 0) is 19.6 Å².